The van der Waals surface area contributed by atoms with E-state index in [0.717, 1.165) is 12.6 Å². The molecule has 3 heterocycles. The van der Waals surface area contributed by atoms with Gasteiger partial charge in [-0.15, -0.1) is 11.3 Å². The van der Waals surface area contributed by atoms with Crippen molar-refractivity contribution in [2.45, 2.75) is 31.8 Å². The summed E-state index contributed by atoms with van der Waals surface area (Å²) in [5, 5.41) is 5.81. The van der Waals surface area contributed by atoms with E-state index < -0.39 is 0 Å². The van der Waals surface area contributed by atoms with Crippen molar-refractivity contribution < 1.29 is 0 Å². The van der Waals surface area contributed by atoms with Gasteiger partial charge in [-0.05, 0) is 37.8 Å². The van der Waals surface area contributed by atoms with Crippen LogP contribution in [0.25, 0.3) is 0 Å². The van der Waals surface area contributed by atoms with Crippen molar-refractivity contribution in [2.24, 2.45) is 0 Å². The summed E-state index contributed by atoms with van der Waals surface area (Å²) in [7, 11) is 0. The molecule has 1 N–H and O–H groups in total. The average molecular weight is 279 g/mol. The molecule has 0 saturated carbocycles. The molecule has 3 nitrogen and oxygen atoms in total. The minimum absolute atomic E-state index is 0.493. The van der Waals surface area contributed by atoms with Crippen molar-refractivity contribution in [2.75, 3.05) is 39.3 Å². The Morgan fingerprint density at radius 1 is 1.42 bits per heavy atom. The van der Waals surface area contributed by atoms with Crippen molar-refractivity contribution in [3.8, 4) is 0 Å². The fourth-order valence-electron chi connectivity index (χ4n) is 3.34. The van der Waals surface area contributed by atoms with Crippen LogP contribution in [0, 0.1) is 0 Å². The maximum Gasteiger partial charge on any atom is 0.0386 e. The second-order valence-corrected chi connectivity index (χ2v) is 6.80. The Morgan fingerprint density at radius 2 is 2.37 bits per heavy atom. The maximum atomic E-state index is 3.65. The van der Waals surface area contributed by atoms with Gasteiger partial charge in [0.1, 0.15) is 0 Å². The lowest BCUT2D eigenvalue weighted by atomic mass is 10.1. The highest BCUT2D eigenvalue weighted by Gasteiger charge is 2.29. The molecule has 0 spiro atoms. The first kappa shape index (κ1) is 13.6. The molecule has 4 heteroatoms. The maximum absolute atomic E-state index is 3.65. The Labute approximate surface area is 120 Å². The standard InChI is InChI=1S/C15H25N3S/c1-13(15-5-3-11-19-15)16-6-8-17-9-10-18-7-2-4-14(18)12-17/h3,5,11,13-14,16H,2,4,6-10,12H2,1H3. The molecule has 0 aromatic carbocycles. The molecule has 2 atom stereocenters. The second kappa shape index (κ2) is 6.35. The first-order valence-electron chi connectivity index (χ1n) is 7.56. The quantitative estimate of drug-likeness (QED) is 0.891. The van der Waals surface area contributed by atoms with Crippen LogP contribution < -0.4 is 5.32 Å². The first-order chi connectivity index (χ1) is 9.33. The van der Waals surface area contributed by atoms with Crippen LogP contribution >= 0.6 is 11.3 Å². The second-order valence-electron chi connectivity index (χ2n) is 5.82. The molecule has 1 aromatic heterocycles. The molecule has 2 aliphatic heterocycles. The number of nitrogens with one attached hydrogen (secondary N) is 1. The molecule has 2 unspecified atom stereocenters. The number of rotatable bonds is 5. The van der Waals surface area contributed by atoms with Gasteiger partial charge in [0.25, 0.3) is 0 Å². The third-order valence-electron chi connectivity index (χ3n) is 4.52. The molecule has 3 rings (SSSR count). The van der Waals surface area contributed by atoms with E-state index in [-0.39, 0.29) is 0 Å². The number of thiophene rings is 1. The Bertz CT molecular complexity index is 379. The molecule has 106 valence electrons. The van der Waals surface area contributed by atoms with Crippen LogP contribution in [-0.2, 0) is 0 Å². The van der Waals surface area contributed by atoms with E-state index in [1.54, 1.807) is 0 Å². The van der Waals surface area contributed by atoms with Crippen LogP contribution in [0.15, 0.2) is 17.5 Å². The number of fused-ring (bicyclic) bond motifs is 1. The molecule has 2 fully saturated rings. The van der Waals surface area contributed by atoms with Gasteiger partial charge in [0.2, 0.25) is 0 Å². The van der Waals surface area contributed by atoms with E-state index in [0.29, 0.717) is 6.04 Å². The molecular formula is C15H25N3S. The fourth-order valence-corrected chi connectivity index (χ4v) is 4.09. The summed E-state index contributed by atoms with van der Waals surface area (Å²) in [5.41, 5.74) is 0. The molecule has 2 saturated heterocycles. The number of hydrogen-bond acceptors (Lipinski definition) is 4. The highest BCUT2D eigenvalue weighted by atomic mass is 32.1. The van der Waals surface area contributed by atoms with Crippen LogP contribution in [0.1, 0.15) is 30.7 Å². The van der Waals surface area contributed by atoms with Crippen molar-refractivity contribution in [3.05, 3.63) is 22.4 Å². The van der Waals surface area contributed by atoms with Gasteiger partial charge in [0, 0.05) is 49.7 Å². The first-order valence-corrected chi connectivity index (χ1v) is 8.44. The number of piperazine rings is 1. The molecule has 0 amide bonds. The van der Waals surface area contributed by atoms with Crippen molar-refractivity contribution >= 4 is 11.3 Å². The van der Waals surface area contributed by atoms with E-state index in [4.69, 9.17) is 0 Å². The molecule has 2 aliphatic rings. The van der Waals surface area contributed by atoms with Gasteiger partial charge in [0.05, 0.1) is 0 Å². The van der Waals surface area contributed by atoms with Gasteiger partial charge in [-0.3, -0.25) is 9.80 Å². The van der Waals surface area contributed by atoms with Gasteiger partial charge in [-0.1, -0.05) is 6.07 Å². The summed E-state index contributed by atoms with van der Waals surface area (Å²) in [6.45, 7) is 9.73. The molecule has 0 radical (unpaired) electrons. The summed E-state index contributed by atoms with van der Waals surface area (Å²) >= 11 is 1.85. The molecule has 1 aromatic rings. The van der Waals surface area contributed by atoms with Crippen LogP contribution in [-0.4, -0.2) is 55.1 Å². The zero-order valence-electron chi connectivity index (χ0n) is 11.8. The van der Waals surface area contributed by atoms with E-state index in [2.05, 4.69) is 39.6 Å². The monoisotopic (exact) mass is 279 g/mol. The zero-order valence-corrected chi connectivity index (χ0v) is 12.7. The molecule has 0 aliphatic carbocycles. The summed E-state index contributed by atoms with van der Waals surface area (Å²) in [6, 6.07) is 5.70. The summed E-state index contributed by atoms with van der Waals surface area (Å²) < 4.78 is 0. The zero-order chi connectivity index (χ0) is 13.1. The van der Waals surface area contributed by atoms with Crippen molar-refractivity contribution in [1.82, 2.24) is 15.1 Å². The predicted octanol–water partition coefficient (Wildman–Crippen LogP) is 2.18. The highest BCUT2D eigenvalue weighted by Crippen LogP contribution is 2.21. The number of nitrogens with zero attached hydrogens (tertiary/aromatic N) is 2. The summed E-state index contributed by atoms with van der Waals surface area (Å²) in [4.78, 5) is 6.76. The lowest BCUT2D eigenvalue weighted by molar-refractivity contribution is 0.105. The SMILES string of the molecule is CC(NCCN1CCN2CCCC2C1)c1cccs1. The topological polar surface area (TPSA) is 18.5 Å². The van der Waals surface area contributed by atoms with E-state index >= 15 is 0 Å². The summed E-state index contributed by atoms with van der Waals surface area (Å²) in [6.07, 6.45) is 2.82. The third-order valence-corrected chi connectivity index (χ3v) is 5.57. The van der Waals surface area contributed by atoms with Crippen LogP contribution in [0.3, 0.4) is 0 Å². The smallest absolute Gasteiger partial charge is 0.0386 e. The Morgan fingerprint density at radius 3 is 3.21 bits per heavy atom. The van der Waals surface area contributed by atoms with E-state index in [9.17, 15) is 0 Å². The fraction of sp³-hybridized carbons (Fsp3) is 0.733. The summed E-state index contributed by atoms with van der Waals surface area (Å²) in [5.74, 6) is 0. The van der Waals surface area contributed by atoms with Gasteiger partial charge in [-0.25, -0.2) is 0 Å². The van der Waals surface area contributed by atoms with Crippen molar-refractivity contribution in [3.63, 3.8) is 0 Å². The van der Waals surface area contributed by atoms with Crippen molar-refractivity contribution in [1.29, 1.82) is 0 Å². The molecule has 0 bridgehead atoms. The van der Waals surface area contributed by atoms with E-state index in [1.165, 1.54) is 50.4 Å². The van der Waals surface area contributed by atoms with Crippen LogP contribution in [0.5, 0.6) is 0 Å². The lowest BCUT2D eigenvalue weighted by Gasteiger charge is -2.37. The Kier molecular flexibility index (Phi) is 4.53. The van der Waals surface area contributed by atoms with Gasteiger partial charge < -0.3 is 5.32 Å². The molecular weight excluding hydrogens is 254 g/mol. The normalized spacial score (nSPS) is 26.5. The van der Waals surface area contributed by atoms with Gasteiger partial charge in [-0.2, -0.15) is 0 Å². The largest absolute Gasteiger partial charge is 0.308 e. The minimum Gasteiger partial charge on any atom is -0.308 e. The van der Waals surface area contributed by atoms with E-state index in [1.807, 2.05) is 11.3 Å². The van der Waals surface area contributed by atoms with Gasteiger partial charge in [0.15, 0.2) is 0 Å². The number of hydrogen-bond donors (Lipinski definition) is 1. The predicted molar refractivity (Wildman–Crippen MR) is 81.8 cm³/mol. The molecule has 19 heavy (non-hydrogen) atoms. The van der Waals surface area contributed by atoms with Crippen LogP contribution in [0.4, 0.5) is 0 Å². The third kappa shape index (κ3) is 3.37. The average Bonchev–Trinajstić information content (AvgIpc) is 3.09. The van der Waals surface area contributed by atoms with Gasteiger partial charge >= 0.3 is 0 Å². The minimum atomic E-state index is 0.493. The Hall–Kier alpha value is -0.420. The Balaban J connectivity index is 1.38. The van der Waals surface area contributed by atoms with Crippen LogP contribution in [0.2, 0.25) is 0 Å². The lowest BCUT2D eigenvalue weighted by Crippen LogP contribution is -2.51. The highest BCUT2D eigenvalue weighted by molar-refractivity contribution is 7.10.